The fourth-order valence-electron chi connectivity index (χ4n) is 2.51. The summed E-state index contributed by atoms with van der Waals surface area (Å²) < 4.78 is 5.30. The molecular formula is C21H24N2O4. The molecule has 1 atom stereocenters. The van der Waals surface area contributed by atoms with Crippen LogP contribution >= 0.6 is 0 Å². The molecule has 0 heterocycles. The number of carbonyl (C=O) groups is 3. The third-order valence-electron chi connectivity index (χ3n) is 4.00. The predicted molar refractivity (Wildman–Crippen MR) is 102 cm³/mol. The van der Waals surface area contributed by atoms with Gasteiger partial charge in [-0.3, -0.25) is 9.59 Å². The normalized spacial score (nSPS) is 11.4. The van der Waals surface area contributed by atoms with Gasteiger partial charge >= 0.3 is 5.97 Å². The maximum atomic E-state index is 12.4. The second-order valence-corrected chi connectivity index (χ2v) is 6.33. The van der Waals surface area contributed by atoms with Gasteiger partial charge in [-0.1, -0.05) is 42.5 Å². The molecule has 2 aromatic carbocycles. The Hall–Kier alpha value is -3.15. The van der Waals surface area contributed by atoms with Crippen LogP contribution in [0.4, 0.5) is 0 Å². The van der Waals surface area contributed by atoms with E-state index < -0.39 is 12.1 Å². The zero-order valence-electron chi connectivity index (χ0n) is 15.8. The number of nitrogens with one attached hydrogen (secondary N) is 1. The first kappa shape index (κ1) is 20.2. The van der Waals surface area contributed by atoms with Crippen LogP contribution in [-0.2, 0) is 27.4 Å². The lowest BCUT2D eigenvalue weighted by Gasteiger charge is -2.21. The van der Waals surface area contributed by atoms with Gasteiger partial charge in [-0.15, -0.1) is 0 Å². The number of hydrogen-bond donors (Lipinski definition) is 1. The minimum absolute atomic E-state index is 0.120. The van der Waals surface area contributed by atoms with Gasteiger partial charge in [0.1, 0.15) is 0 Å². The number of benzene rings is 2. The Morgan fingerprint density at radius 1 is 1.00 bits per heavy atom. The molecule has 27 heavy (non-hydrogen) atoms. The molecule has 1 N–H and O–H groups in total. The first-order valence-corrected chi connectivity index (χ1v) is 8.70. The van der Waals surface area contributed by atoms with Crippen LogP contribution in [0.5, 0.6) is 0 Å². The summed E-state index contributed by atoms with van der Waals surface area (Å²) in [7, 11) is 1.68. The Morgan fingerprint density at radius 3 is 2.22 bits per heavy atom. The summed E-state index contributed by atoms with van der Waals surface area (Å²) in [5.41, 5.74) is 2.22. The number of nitrogens with zero attached hydrogens (tertiary/aromatic N) is 1. The third-order valence-corrected chi connectivity index (χ3v) is 4.00. The molecule has 0 bridgehead atoms. The molecule has 0 aliphatic rings. The highest BCUT2D eigenvalue weighted by molar-refractivity contribution is 5.92. The molecule has 2 amide bonds. The summed E-state index contributed by atoms with van der Waals surface area (Å²) in [4.78, 5) is 37.1. The zero-order chi connectivity index (χ0) is 19.8. The topological polar surface area (TPSA) is 75.7 Å². The highest BCUT2D eigenvalue weighted by atomic mass is 16.5. The van der Waals surface area contributed by atoms with Gasteiger partial charge in [-0.05, 0) is 30.2 Å². The van der Waals surface area contributed by atoms with Crippen LogP contribution in [0.3, 0.4) is 0 Å². The number of likely N-dealkylation sites (N-methyl/N-ethyl adjacent to an activating group) is 1. The molecule has 0 fully saturated rings. The van der Waals surface area contributed by atoms with Crippen molar-refractivity contribution in [3.8, 4) is 0 Å². The smallest absolute Gasteiger partial charge is 0.338 e. The quantitative estimate of drug-likeness (QED) is 0.762. The Balaban J connectivity index is 1.90. The summed E-state index contributed by atoms with van der Waals surface area (Å²) in [5, 5.41) is 2.68. The molecule has 0 aliphatic carbocycles. The van der Waals surface area contributed by atoms with E-state index in [1.54, 1.807) is 38.2 Å². The SMILES string of the molecule is CC(=O)NCc1ccc(C(=O)OC(C)C(=O)N(C)Cc2ccccc2)cc1. The van der Waals surface area contributed by atoms with Crippen molar-refractivity contribution in [2.45, 2.75) is 33.0 Å². The van der Waals surface area contributed by atoms with Crippen molar-refractivity contribution in [2.24, 2.45) is 0 Å². The summed E-state index contributed by atoms with van der Waals surface area (Å²) in [5.74, 6) is -0.949. The van der Waals surface area contributed by atoms with Crippen molar-refractivity contribution in [1.82, 2.24) is 10.2 Å². The average molecular weight is 368 g/mol. The first-order valence-electron chi connectivity index (χ1n) is 8.70. The highest BCUT2D eigenvalue weighted by Gasteiger charge is 2.22. The van der Waals surface area contributed by atoms with Crippen LogP contribution in [0.15, 0.2) is 54.6 Å². The van der Waals surface area contributed by atoms with E-state index in [0.29, 0.717) is 18.7 Å². The van der Waals surface area contributed by atoms with E-state index in [4.69, 9.17) is 4.74 Å². The van der Waals surface area contributed by atoms with Crippen LogP contribution in [-0.4, -0.2) is 35.8 Å². The largest absolute Gasteiger partial charge is 0.449 e. The molecule has 142 valence electrons. The molecule has 2 rings (SSSR count). The Morgan fingerprint density at radius 2 is 1.63 bits per heavy atom. The lowest BCUT2D eigenvalue weighted by atomic mass is 10.1. The van der Waals surface area contributed by atoms with E-state index in [1.165, 1.54) is 11.8 Å². The molecule has 0 saturated heterocycles. The van der Waals surface area contributed by atoms with Gasteiger partial charge in [0, 0.05) is 27.1 Å². The average Bonchev–Trinajstić information content (AvgIpc) is 2.66. The standard InChI is InChI=1S/C21H24N2O4/c1-15(20(25)23(3)14-18-7-5-4-6-8-18)27-21(26)19-11-9-17(10-12-19)13-22-16(2)24/h4-12,15H,13-14H2,1-3H3,(H,22,24). The molecule has 6 nitrogen and oxygen atoms in total. The molecular weight excluding hydrogens is 344 g/mol. The Kier molecular flexibility index (Phi) is 7.11. The van der Waals surface area contributed by atoms with Gasteiger partial charge in [0.2, 0.25) is 5.91 Å². The molecule has 0 aliphatic heterocycles. The molecule has 2 aromatic rings. The van der Waals surface area contributed by atoms with Crippen LogP contribution in [0.2, 0.25) is 0 Å². The van der Waals surface area contributed by atoms with E-state index in [0.717, 1.165) is 11.1 Å². The summed E-state index contributed by atoms with van der Waals surface area (Å²) in [6.45, 7) is 3.84. The summed E-state index contributed by atoms with van der Waals surface area (Å²) in [6.07, 6.45) is -0.884. The van der Waals surface area contributed by atoms with Crippen molar-refractivity contribution in [1.29, 1.82) is 0 Å². The minimum Gasteiger partial charge on any atom is -0.449 e. The molecule has 0 aromatic heterocycles. The lowest BCUT2D eigenvalue weighted by Crippen LogP contribution is -2.37. The Bertz CT molecular complexity index is 788. The number of esters is 1. The molecule has 0 spiro atoms. The Labute approximate surface area is 159 Å². The van der Waals surface area contributed by atoms with E-state index in [2.05, 4.69) is 5.32 Å². The van der Waals surface area contributed by atoms with Crippen molar-refractivity contribution in [3.63, 3.8) is 0 Å². The van der Waals surface area contributed by atoms with Crippen LogP contribution < -0.4 is 5.32 Å². The lowest BCUT2D eigenvalue weighted by molar-refractivity contribution is -0.139. The van der Waals surface area contributed by atoms with Crippen molar-refractivity contribution in [3.05, 3.63) is 71.3 Å². The van der Waals surface area contributed by atoms with Gasteiger partial charge in [0.15, 0.2) is 6.10 Å². The summed E-state index contributed by atoms with van der Waals surface area (Å²) >= 11 is 0. The number of amides is 2. The van der Waals surface area contributed by atoms with Crippen molar-refractivity contribution >= 4 is 17.8 Å². The fraction of sp³-hybridized carbons (Fsp3) is 0.286. The van der Waals surface area contributed by atoms with Crippen molar-refractivity contribution in [2.75, 3.05) is 7.05 Å². The maximum Gasteiger partial charge on any atom is 0.338 e. The monoisotopic (exact) mass is 368 g/mol. The second kappa shape index (κ2) is 9.52. The van der Waals surface area contributed by atoms with E-state index in [-0.39, 0.29) is 11.8 Å². The zero-order valence-corrected chi connectivity index (χ0v) is 15.8. The molecule has 6 heteroatoms. The number of ether oxygens (including phenoxy) is 1. The first-order chi connectivity index (χ1) is 12.9. The van der Waals surface area contributed by atoms with Gasteiger partial charge in [0.05, 0.1) is 5.56 Å². The molecule has 0 radical (unpaired) electrons. The van der Waals surface area contributed by atoms with E-state index in [9.17, 15) is 14.4 Å². The number of carbonyl (C=O) groups excluding carboxylic acids is 3. The van der Waals surface area contributed by atoms with Crippen molar-refractivity contribution < 1.29 is 19.1 Å². The third kappa shape index (κ3) is 6.26. The predicted octanol–water partition coefficient (Wildman–Crippen LogP) is 2.53. The van der Waals surface area contributed by atoms with E-state index in [1.807, 2.05) is 30.3 Å². The fourth-order valence-corrected chi connectivity index (χ4v) is 2.51. The molecule has 0 saturated carbocycles. The van der Waals surface area contributed by atoms with Gasteiger partial charge < -0.3 is 15.0 Å². The number of hydrogen-bond acceptors (Lipinski definition) is 4. The second-order valence-electron chi connectivity index (χ2n) is 6.33. The number of rotatable bonds is 7. The van der Waals surface area contributed by atoms with Gasteiger partial charge in [-0.2, -0.15) is 0 Å². The minimum atomic E-state index is -0.884. The summed E-state index contributed by atoms with van der Waals surface area (Å²) in [6, 6.07) is 16.3. The van der Waals surface area contributed by atoms with Gasteiger partial charge in [0.25, 0.3) is 5.91 Å². The van der Waals surface area contributed by atoms with Crippen LogP contribution in [0.25, 0.3) is 0 Å². The highest BCUT2D eigenvalue weighted by Crippen LogP contribution is 2.10. The van der Waals surface area contributed by atoms with Crippen LogP contribution in [0, 0.1) is 0 Å². The van der Waals surface area contributed by atoms with E-state index >= 15 is 0 Å². The maximum absolute atomic E-state index is 12.4. The molecule has 1 unspecified atom stereocenters. The van der Waals surface area contributed by atoms with Gasteiger partial charge in [-0.25, -0.2) is 4.79 Å². The van der Waals surface area contributed by atoms with Crippen LogP contribution in [0.1, 0.15) is 35.3 Å².